The van der Waals surface area contributed by atoms with Crippen LogP contribution in [0.1, 0.15) is 5.56 Å². The highest BCUT2D eigenvalue weighted by Gasteiger charge is 2.15. The number of carbonyl (C=O) groups is 1. The quantitative estimate of drug-likeness (QED) is 0.868. The van der Waals surface area contributed by atoms with Crippen molar-refractivity contribution < 1.29 is 14.3 Å². The SMILES string of the molecule is COc1cccc(N(C)C(=O)Oc2ccc(Cl)c(C)c2)n1. The lowest BCUT2D eigenvalue weighted by Crippen LogP contribution is -2.30. The fraction of sp³-hybridized carbons (Fsp3) is 0.200. The van der Waals surface area contributed by atoms with Crippen molar-refractivity contribution in [1.82, 2.24) is 4.98 Å². The first-order chi connectivity index (χ1) is 10.0. The molecule has 0 aliphatic rings. The van der Waals surface area contributed by atoms with Gasteiger partial charge in [0.15, 0.2) is 0 Å². The van der Waals surface area contributed by atoms with Gasteiger partial charge in [0.2, 0.25) is 5.88 Å². The summed E-state index contributed by atoms with van der Waals surface area (Å²) in [7, 11) is 3.09. The smallest absolute Gasteiger partial charge is 0.420 e. The van der Waals surface area contributed by atoms with E-state index in [2.05, 4.69) is 4.98 Å². The average Bonchev–Trinajstić information content (AvgIpc) is 2.50. The number of benzene rings is 1. The highest BCUT2D eigenvalue weighted by atomic mass is 35.5. The van der Waals surface area contributed by atoms with E-state index in [1.165, 1.54) is 12.0 Å². The largest absolute Gasteiger partial charge is 0.481 e. The van der Waals surface area contributed by atoms with E-state index >= 15 is 0 Å². The zero-order valence-electron chi connectivity index (χ0n) is 12.0. The van der Waals surface area contributed by atoms with Gasteiger partial charge in [0, 0.05) is 18.1 Å². The predicted octanol–water partition coefficient (Wildman–Crippen LogP) is 3.69. The number of hydrogen-bond acceptors (Lipinski definition) is 4. The van der Waals surface area contributed by atoms with Crippen molar-refractivity contribution in [2.75, 3.05) is 19.1 Å². The molecule has 1 amide bonds. The number of carbonyl (C=O) groups excluding carboxylic acids is 1. The Labute approximate surface area is 128 Å². The summed E-state index contributed by atoms with van der Waals surface area (Å²) in [5.41, 5.74) is 0.837. The van der Waals surface area contributed by atoms with Crippen LogP contribution in [0.3, 0.4) is 0 Å². The van der Waals surface area contributed by atoms with Gasteiger partial charge in [-0.25, -0.2) is 4.79 Å². The van der Waals surface area contributed by atoms with Crippen LogP contribution in [0, 0.1) is 6.92 Å². The van der Waals surface area contributed by atoms with Crippen LogP contribution in [0.5, 0.6) is 11.6 Å². The summed E-state index contributed by atoms with van der Waals surface area (Å²) < 4.78 is 10.3. The zero-order chi connectivity index (χ0) is 15.4. The Balaban J connectivity index is 2.13. The van der Waals surface area contributed by atoms with E-state index < -0.39 is 6.09 Å². The summed E-state index contributed by atoms with van der Waals surface area (Å²) in [4.78, 5) is 17.6. The zero-order valence-corrected chi connectivity index (χ0v) is 12.7. The molecule has 0 saturated heterocycles. The molecule has 0 aliphatic carbocycles. The maximum absolute atomic E-state index is 12.1. The molecule has 5 nitrogen and oxygen atoms in total. The minimum atomic E-state index is -0.544. The van der Waals surface area contributed by atoms with E-state index in [0.29, 0.717) is 22.5 Å². The first kappa shape index (κ1) is 15.1. The molecule has 0 N–H and O–H groups in total. The number of aryl methyl sites for hydroxylation is 1. The lowest BCUT2D eigenvalue weighted by atomic mass is 10.2. The number of methoxy groups -OCH3 is 1. The van der Waals surface area contributed by atoms with Gasteiger partial charge in [-0.1, -0.05) is 17.7 Å². The predicted molar refractivity (Wildman–Crippen MR) is 81.4 cm³/mol. The molecule has 0 aliphatic heterocycles. The van der Waals surface area contributed by atoms with Crippen molar-refractivity contribution in [2.24, 2.45) is 0 Å². The summed E-state index contributed by atoms with van der Waals surface area (Å²) in [5, 5.41) is 0.623. The highest BCUT2D eigenvalue weighted by molar-refractivity contribution is 6.31. The molecule has 1 aromatic heterocycles. The van der Waals surface area contributed by atoms with Crippen molar-refractivity contribution in [1.29, 1.82) is 0 Å². The molecule has 21 heavy (non-hydrogen) atoms. The third-order valence-electron chi connectivity index (χ3n) is 2.87. The molecule has 0 atom stereocenters. The van der Waals surface area contributed by atoms with Crippen LogP contribution in [0.4, 0.5) is 10.6 Å². The minimum absolute atomic E-state index is 0.425. The van der Waals surface area contributed by atoms with Crippen LogP contribution in [-0.4, -0.2) is 25.2 Å². The number of ether oxygens (including phenoxy) is 2. The van der Waals surface area contributed by atoms with E-state index in [4.69, 9.17) is 21.1 Å². The van der Waals surface area contributed by atoms with Gasteiger partial charge >= 0.3 is 6.09 Å². The lowest BCUT2D eigenvalue weighted by Gasteiger charge is -2.16. The third-order valence-corrected chi connectivity index (χ3v) is 3.29. The van der Waals surface area contributed by atoms with Crippen molar-refractivity contribution in [3.05, 3.63) is 47.0 Å². The van der Waals surface area contributed by atoms with Crippen molar-refractivity contribution >= 4 is 23.5 Å². The first-order valence-electron chi connectivity index (χ1n) is 6.24. The number of pyridine rings is 1. The number of anilines is 1. The Morgan fingerprint density at radius 2 is 2.05 bits per heavy atom. The van der Waals surface area contributed by atoms with Crippen LogP contribution in [0.25, 0.3) is 0 Å². The maximum atomic E-state index is 12.1. The summed E-state index contributed by atoms with van der Waals surface area (Å²) in [6.45, 7) is 1.84. The molecule has 2 aromatic rings. The van der Waals surface area contributed by atoms with Crippen LogP contribution in [0.15, 0.2) is 36.4 Å². The molecule has 0 spiro atoms. The monoisotopic (exact) mass is 306 g/mol. The van der Waals surface area contributed by atoms with Crippen molar-refractivity contribution in [2.45, 2.75) is 6.92 Å². The lowest BCUT2D eigenvalue weighted by molar-refractivity contribution is 0.209. The van der Waals surface area contributed by atoms with E-state index in [-0.39, 0.29) is 0 Å². The highest BCUT2D eigenvalue weighted by Crippen LogP contribution is 2.22. The second kappa shape index (κ2) is 6.45. The molecular weight excluding hydrogens is 292 g/mol. The molecule has 2 rings (SSSR count). The summed E-state index contributed by atoms with van der Waals surface area (Å²) >= 11 is 5.93. The molecule has 0 bridgehead atoms. The molecule has 110 valence electrons. The van der Waals surface area contributed by atoms with Gasteiger partial charge in [0.25, 0.3) is 0 Å². The Morgan fingerprint density at radius 3 is 2.71 bits per heavy atom. The van der Waals surface area contributed by atoms with Gasteiger partial charge in [0.1, 0.15) is 11.6 Å². The minimum Gasteiger partial charge on any atom is -0.481 e. The normalized spacial score (nSPS) is 10.1. The maximum Gasteiger partial charge on any atom is 0.420 e. The Hall–Kier alpha value is -2.27. The summed E-state index contributed by atoms with van der Waals surface area (Å²) in [6, 6.07) is 10.2. The number of rotatable bonds is 3. The van der Waals surface area contributed by atoms with Crippen LogP contribution < -0.4 is 14.4 Å². The van der Waals surface area contributed by atoms with E-state index in [1.807, 2.05) is 6.92 Å². The molecule has 0 fully saturated rings. The standard InChI is InChI=1S/C15H15ClN2O3/c1-10-9-11(7-8-12(10)16)21-15(19)18(2)13-5-4-6-14(17-13)20-3/h4-9H,1-3H3. The van der Waals surface area contributed by atoms with Gasteiger partial charge in [-0.15, -0.1) is 0 Å². The topological polar surface area (TPSA) is 51.7 Å². The number of halogens is 1. The van der Waals surface area contributed by atoms with Gasteiger partial charge in [-0.3, -0.25) is 4.90 Å². The number of aromatic nitrogens is 1. The number of amides is 1. The van der Waals surface area contributed by atoms with Crippen molar-refractivity contribution in [3.8, 4) is 11.6 Å². The van der Waals surface area contributed by atoms with Gasteiger partial charge in [-0.2, -0.15) is 4.98 Å². The van der Waals surface area contributed by atoms with E-state index in [9.17, 15) is 4.79 Å². The Morgan fingerprint density at radius 1 is 1.29 bits per heavy atom. The molecule has 1 heterocycles. The second-order valence-corrected chi connectivity index (χ2v) is 4.78. The molecule has 0 saturated carbocycles. The van der Waals surface area contributed by atoms with Gasteiger partial charge in [0.05, 0.1) is 7.11 Å². The van der Waals surface area contributed by atoms with Crippen LogP contribution in [0.2, 0.25) is 5.02 Å². The number of hydrogen-bond donors (Lipinski definition) is 0. The molecule has 0 unspecified atom stereocenters. The fourth-order valence-corrected chi connectivity index (χ4v) is 1.77. The number of nitrogens with zero attached hydrogens (tertiary/aromatic N) is 2. The average molecular weight is 307 g/mol. The fourth-order valence-electron chi connectivity index (χ4n) is 1.65. The van der Waals surface area contributed by atoms with E-state index in [0.717, 1.165) is 5.56 Å². The van der Waals surface area contributed by atoms with Crippen LogP contribution in [-0.2, 0) is 0 Å². The molecule has 1 aromatic carbocycles. The van der Waals surface area contributed by atoms with E-state index in [1.54, 1.807) is 43.4 Å². The Bertz CT molecular complexity index is 661. The summed E-state index contributed by atoms with van der Waals surface area (Å²) in [5.74, 6) is 1.29. The molecule has 0 radical (unpaired) electrons. The molecular formula is C15H15ClN2O3. The third kappa shape index (κ3) is 3.64. The molecule has 6 heteroatoms. The Kier molecular flexibility index (Phi) is 4.65. The van der Waals surface area contributed by atoms with Gasteiger partial charge in [-0.05, 0) is 36.8 Å². The van der Waals surface area contributed by atoms with Crippen LogP contribution >= 0.6 is 11.6 Å². The summed E-state index contributed by atoms with van der Waals surface area (Å²) in [6.07, 6.45) is -0.544. The second-order valence-electron chi connectivity index (χ2n) is 4.38. The van der Waals surface area contributed by atoms with Gasteiger partial charge < -0.3 is 9.47 Å². The van der Waals surface area contributed by atoms with Crippen molar-refractivity contribution in [3.63, 3.8) is 0 Å². The first-order valence-corrected chi connectivity index (χ1v) is 6.62.